The molecule has 38 heavy (non-hydrogen) atoms. The number of nitrogens with one attached hydrogen (secondary N) is 1. The van der Waals surface area contributed by atoms with E-state index < -0.39 is 42.4 Å². The second kappa shape index (κ2) is 11.4. The molecule has 4 rings (SSSR count). The molecule has 1 aliphatic heterocycles. The molecule has 0 amide bonds. The Labute approximate surface area is 218 Å². The van der Waals surface area contributed by atoms with Gasteiger partial charge >= 0.3 is 17.9 Å². The van der Waals surface area contributed by atoms with Gasteiger partial charge in [0, 0.05) is 32.9 Å². The van der Waals surface area contributed by atoms with Crippen LogP contribution < -0.4 is 10.9 Å². The first-order valence-electron chi connectivity index (χ1n) is 12.1. The fraction of sp³-hybridized carbons (Fsp3) is 0.370. The quantitative estimate of drug-likeness (QED) is 0.364. The summed E-state index contributed by atoms with van der Waals surface area (Å²) in [4.78, 5) is 53.0. The van der Waals surface area contributed by atoms with Crippen LogP contribution >= 0.6 is 0 Å². The molecule has 0 bridgehead atoms. The third-order valence-electron chi connectivity index (χ3n) is 5.97. The Hall–Kier alpha value is -4.25. The maximum atomic E-state index is 13.4. The predicted octanol–water partition coefficient (Wildman–Crippen LogP) is 2.65. The average molecular weight is 524 g/mol. The minimum absolute atomic E-state index is 0.131. The number of fused-ring (bicyclic) bond motifs is 1. The zero-order valence-corrected chi connectivity index (χ0v) is 21.5. The van der Waals surface area contributed by atoms with Gasteiger partial charge in [-0.05, 0) is 37.3 Å². The largest absolute Gasteiger partial charge is 0.463 e. The van der Waals surface area contributed by atoms with Crippen molar-refractivity contribution in [2.75, 3.05) is 11.9 Å². The van der Waals surface area contributed by atoms with E-state index in [4.69, 9.17) is 18.9 Å². The van der Waals surface area contributed by atoms with Crippen molar-refractivity contribution in [2.24, 2.45) is 0 Å². The summed E-state index contributed by atoms with van der Waals surface area (Å²) in [6.07, 6.45) is -3.33. The number of hydrogen-bond donors (Lipinski definition) is 1. The van der Waals surface area contributed by atoms with Crippen molar-refractivity contribution in [3.05, 3.63) is 64.7 Å². The highest BCUT2D eigenvalue weighted by Gasteiger charge is 2.43. The van der Waals surface area contributed by atoms with Gasteiger partial charge in [0.25, 0.3) is 5.56 Å². The lowest BCUT2D eigenvalue weighted by molar-refractivity contribution is -0.211. The summed E-state index contributed by atoms with van der Waals surface area (Å²) in [6.45, 7) is 5.28. The van der Waals surface area contributed by atoms with E-state index in [9.17, 15) is 19.2 Å². The van der Waals surface area contributed by atoms with E-state index in [0.717, 1.165) is 0 Å². The lowest BCUT2D eigenvalue weighted by atomic mass is 10.00. The van der Waals surface area contributed by atoms with Gasteiger partial charge in [0.05, 0.1) is 16.6 Å². The molecule has 11 nitrogen and oxygen atoms in total. The zero-order chi connectivity index (χ0) is 27.4. The van der Waals surface area contributed by atoms with Crippen LogP contribution in [0.3, 0.4) is 0 Å². The molecule has 1 aliphatic rings. The Morgan fingerprint density at radius 3 is 2.39 bits per heavy atom. The summed E-state index contributed by atoms with van der Waals surface area (Å²) >= 11 is 0. The molecule has 2 heterocycles. The van der Waals surface area contributed by atoms with E-state index >= 15 is 0 Å². The van der Waals surface area contributed by atoms with E-state index in [1.54, 1.807) is 29.7 Å². The molecule has 200 valence electrons. The van der Waals surface area contributed by atoms with Crippen LogP contribution in [0.5, 0.6) is 0 Å². The lowest BCUT2D eigenvalue weighted by Crippen LogP contribution is -2.55. The molecular weight excluding hydrogens is 494 g/mol. The molecule has 4 unspecified atom stereocenters. The topological polar surface area (TPSA) is 135 Å². The number of carbonyl (C=O) groups is 3. The molecule has 2 aromatic carbocycles. The van der Waals surface area contributed by atoms with Crippen LogP contribution in [0.1, 0.15) is 33.0 Å². The molecule has 11 heteroatoms. The zero-order valence-electron chi connectivity index (χ0n) is 21.5. The maximum absolute atomic E-state index is 13.4. The Balaban J connectivity index is 1.64. The highest BCUT2D eigenvalue weighted by molar-refractivity contribution is 5.82. The molecule has 1 saturated heterocycles. The second-order valence-corrected chi connectivity index (χ2v) is 8.93. The monoisotopic (exact) mass is 523 g/mol. The number of hydrogen-bond acceptors (Lipinski definition) is 10. The van der Waals surface area contributed by atoms with Crippen LogP contribution in [0.4, 0.5) is 5.69 Å². The smallest absolute Gasteiger partial charge is 0.303 e. The van der Waals surface area contributed by atoms with E-state index in [1.807, 2.05) is 30.3 Å². The van der Waals surface area contributed by atoms with Gasteiger partial charge in [-0.15, -0.1) is 0 Å². The summed E-state index contributed by atoms with van der Waals surface area (Å²) in [5.74, 6) is -1.14. The summed E-state index contributed by atoms with van der Waals surface area (Å²) < 4.78 is 23.5. The van der Waals surface area contributed by atoms with E-state index in [2.05, 4.69) is 10.3 Å². The van der Waals surface area contributed by atoms with Crippen LogP contribution in [-0.4, -0.2) is 58.6 Å². The standard InChI is InChI=1S/C27H29N3O8/c1-15-28-22-11-10-19(12-21(22)27(34)30(15)20-8-6-5-7-9-20)29-25-13-23(36-17(3)32)26(37-18(4)33)24(38-25)14-35-16(2)31/h5-12,23-26,29H,13-14H2,1-4H3. The molecule has 0 radical (unpaired) electrons. The van der Waals surface area contributed by atoms with Gasteiger partial charge in [-0.25, -0.2) is 4.98 Å². The number of benzene rings is 2. The van der Waals surface area contributed by atoms with Gasteiger partial charge in [-0.1, -0.05) is 18.2 Å². The third-order valence-corrected chi connectivity index (χ3v) is 5.97. The fourth-order valence-corrected chi connectivity index (χ4v) is 4.48. The number of aromatic nitrogens is 2. The molecule has 4 atom stereocenters. The number of rotatable bonds is 7. The average Bonchev–Trinajstić information content (AvgIpc) is 2.85. The Morgan fingerprint density at radius 2 is 1.74 bits per heavy atom. The molecule has 1 N–H and O–H groups in total. The number of aryl methyl sites for hydroxylation is 1. The third kappa shape index (κ3) is 6.17. The molecule has 0 spiro atoms. The van der Waals surface area contributed by atoms with Gasteiger partial charge < -0.3 is 24.3 Å². The molecular formula is C27H29N3O8. The van der Waals surface area contributed by atoms with Crippen molar-refractivity contribution in [3.8, 4) is 5.69 Å². The number of nitrogens with zero attached hydrogens (tertiary/aromatic N) is 2. The van der Waals surface area contributed by atoms with Gasteiger partial charge in [-0.3, -0.25) is 23.7 Å². The van der Waals surface area contributed by atoms with Crippen LogP contribution in [0, 0.1) is 6.92 Å². The molecule has 1 fully saturated rings. The Bertz CT molecular complexity index is 1400. The summed E-state index contributed by atoms with van der Waals surface area (Å²) in [5.41, 5.74) is 1.57. The molecule has 0 saturated carbocycles. The first-order valence-corrected chi connectivity index (χ1v) is 12.1. The number of para-hydroxylation sites is 1. The number of esters is 3. The summed E-state index contributed by atoms with van der Waals surface area (Å²) in [6, 6.07) is 14.4. The van der Waals surface area contributed by atoms with Crippen LogP contribution in [0.2, 0.25) is 0 Å². The van der Waals surface area contributed by atoms with Gasteiger partial charge in [-0.2, -0.15) is 0 Å². The van der Waals surface area contributed by atoms with Crippen LogP contribution in [0.25, 0.3) is 16.6 Å². The van der Waals surface area contributed by atoms with Crippen molar-refractivity contribution in [1.29, 1.82) is 0 Å². The summed E-state index contributed by atoms with van der Waals surface area (Å²) in [7, 11) is 0. The minimum Gasteiger partial charge on any atom is -0.463 e. The van der Waals surface area contributed by atoms with Crippen molar-refractivity contribution >= 4 is 34.5 Å². The summed E-state index contributed by atoms with van der Waals surface area (Å²) in [5, 5.41) is 3.59. The number of carbonyl (C=O) groups excluding carboxylic acids is 3. The van der Waals surface area contributed by atoms with Crippen LogP contribution in [0.15, 0.2) is 53.3 Å². The maximum Gasteiger partial charge on any atom is 0.303 e. The van der Waals surface area contributed by atoms with Crippen molar-refractivity contribution in [2.45, 2.75) is 58.7 Å². The number of anilines is 1. The number of ether oxygens (including phenoxy) is 4. The van der Waals surface area contributed by atoms with Crippen molar-refractivity contribution in [3.63, 3.8) is 0 Å². The molecule has 1 aromatic heterocycles. The second-order valence-electron chi connectivity index (χ2n) is 8.93. The van der Waals surface area contributed by atoms with E-state index in [1.165, 1.54) is 20.8 Å². The van der Waals surface area contributed by atoms with Gasteiger partial charge in [0.15, 0.2) is 6.10 Å². The van der Waals surface area contributed by atoms with Gasteiger partial charge in [0.2, 0.25) is 0 Å². The van der Waals surface area contributed by atoms with Gasteiger partial charge in [0.1, 0.15) is 30.9 Å². The Kier molecular flexibility index (Phi) is 8.06. The highest BCUT2D eigenvalue weighted by atomic mass is 16.6. The fourth-order valence-electron chi connectivity index (χ4n) is 4.48. The Morgan fingerprint density at radius 1 is 1.03 bits per heavy atom. The van der Waals surface area contributed by atoms with E-state index in [0.29, 0.717) is 28.1 Å². The molecule has 3 aromatic rings. The van der Waals surface area contributed by atoms with Crippen molar-refractivity contribution < 1.29 is 33.3 Å². The van der Waals surface area contributed by atoms with Crippen LogP contribution in [-0.2, 0) is 33.3 Å². The normalized spacial score (nSPS) is 20.9. The van der Waals surface area contributed by atoms with Crippen molar-refractivity contribution in [1.82, 2.24) is 9.55 Å². The SMILES string of the molecule is CC(=O)OCC1OC(Nc2ccc3nc(C)n(-c4ccccc4)c(=O)c3c2)CC(OC(C)=O)C1OC(C)=O. The first kappa shape index (κ1) is 26.8. The molecule has 0 aliphatic carbocycles. The lowest BCUT2D eigenvalue weighted by Gasteiger charge is -2.40. The van der Waals surface area contributed by atoms with E-state index in [-0.39, 0.29) is 18.6 Å². The highest BCUT2D eigenvalue weighted by Crippen LogP contribution is 2.28. The predicted molar refractivity (Wildman–Crippen MR) is 137 cm³/mol. The first-order chi connectivity index (χ1) is 18.1. The minimum atomic E-state index is -0.976.